The van der Waals surface area contributed by atoms with Crippen molar-refractivity contribution >= 4 is 28.6 Å². The number of carbonyl (C=O) groups excluding carboxylic acids is 1. The van der Waals surface area contributed by atoms with Gasteiger partial charge in [-0.1, -0.05) is 91.4 Å². The van der Waals surface area contributed by atoms with Crippen LogP contribution in [0.4, 0.5) is 0 Å². The molecule has 0 spiro atoms. The topological polar surface area (TPSA) is 26.3 Å². The van der Waals surface area contributed by atoms with Gasteiger partial charge in [-0.2, -0.15) is 0 Å². The standard InChI is InChI=1S/C19H29IO2/c1-2-22-19(21)18(20)16-12-7-5-3-4-6-9-13-17-14-10-8-11-15-17/h8,10-11,14-15,18H,2-7,9,12-13,16H2,1H3. The van der Waals surface area contributed by atoms with Crippen LogP contribution in [0.1, 0.15) is 63.9 Å². The van der Waals surface area contributed by atoms with Crippen LogP contribution in [0.5, 0.6) is 0 Å². The van der Waals surface area contributed by atoms with Gasteiger partial charge in [0.1, 0.15) is 3.92 Å². The monoisotopic (exact) mass is 416 g/mol. The molecule has 1 atom stereocenters. The van der Waals surface area contributed by atoms with Crippen LogP contribution < -0.4 is 0 Å². The highest BCUT2D eigenvalue weighted by Crippen LogP contribution is 2.15. The largest absolute Gasteiger partial charge is 0.465 e. The lowest BCUT2D eigenvalue weighted by Gasteiger charge is -2.08. The molecule has 2 nitrogen and oxygen atoms in total. The van der Waals surface area contributed by atoms with Crippen LogP contribution in [0, 0.1) is 0 Å². The number of carbonyl (C=O) groups is 1. The zero-order chi connectivity index (χ0) is 16.0. The van der Waals surface area contributed by atoms with Crippen LogP contribution >= 0.6 is 22.6 Å². The van der Waals surface area contributed by atoms with Crippen molar-refractivity contribution < 1.29 is 9.53 Å². The second-order valence-electron chi connectivity index (χ2n) is 5.72. The van der Waals surface area contributed by atoms with Crippen molar-refractivity contribution in [2.45, 2.75) is 68.6 Å². The first-order valence-electron chi connectivity index (χ1n) is 8.58. The third-order valence-corrected chi connectivity index (χ3v) is 4.94. The Morgan fingerprint density at radius 1 is 1.00 bits per heavy atom. The number of unbranched alkanes of at least 4 members (excludes halogenated alkanes) is 6. The molecule has 0 amide bonds. The van der Waals surface area contributed by atoms with Crippen LogP contribution in [-0.4, -0.2) is 16.5 Å². The van der Waals surface area contributed by atoms with Crippen LogP contribution in [0.25, 0.3) is 0 Å². The first-order chi connectivity index (χ1) is 10.7. The molecule has 22 heavy (non-hydrogen) atoms. The number of halogens is 1. The number of esters is 1. The van der Waals surface area contributed by atoms with E-state index in [0.29, 0.717) is 6.61 Å². The van der Waals surface area contributed by atoms with E-state index in [1.807, 2.05) is 6.92 Å². The molecule has 0 saturated heterocycles. The lowest BCUT2D eigenvalue weighted by atomic mass is 10.0. The molecular formula is C19H29IO2. The van der Waals surface area contributed by atoms with Gasteiger partial charge in [0.25, 0.3) is 0 Å². The summed E-state index contributed by atoms with van der Waals surface area (Å²) in [5, 5.41) is 0. The van der Waals surface area contributed by atoms with E-state index in [1.165, 1.54) is 50.5 Å². The van der Waals surface area contributed by atoms with Gasteiger partial charge < -0.3 is 4.74 Å². The summed E-state index contributed by atoms with van der Waals surface area (Å²) in [4.78, 5) is 11.5. The molecule has 0 aliphatic rings. The van der Waals surface area contributed by atoms with E-state index in [-0.39, 0.29) is 9.89 Å². The molecule has 0 aliphatic carbocycles. The minimum absolute atomic E-state index is 0.0309. The summed E-state index contributed by atoms with van der Waals surface area (Å²) < 4.78 is 5.05. The predicted molar refractivity (Wildman–Crippen MR) is 102 cm³/mol. The number of ether oxygens (including phenoxy) is 1. The minimum Gasteiger partial charge on any atom is -0.465 e. The maximum absolute atomic E-state index is 11.5. The maximum atomic E-state index is 11.5. The second kappa shape index (κ2) is 12.9. The molecule has 1 rings (SSSR count). The lowest BCUT2D eigenvalue weighted by Crippen LogP contribution is -2.16. The van der Waals surface area contributed by atoms with Crippen LogP contribution in [-0.2, 0) is 16.0 Å². The van der Waals surface area contributed by atoms with Crippen molar-refractivity contribution in [3.63, 3.8) is 0 Å². The summed E-state index contributed by atoms with van der Waals surface area (Å²) in [5.41, 5.74) is 1.45. The highest BCUT2D eigenvalue weighted by atomic mass is 127. The normalized spacial score (nSPS) is 12.1. The highest BCUT2D eigenvalue weighted by Gasteiger charge is 2.14. The van der Waals surface area contributed by atoms with Crippen molar-refractivity contribution in [3.8, 4) is 0 Å². The summed E-state index contributed by atoms with van der Waals surface area (Å²) in [6, 6.07) is 10.7. The number of hydrogen-bond acceptors (Lipinski definition) is 2. The molecule has 0 fully saturated rings. The van der Waals surface area contributed by atoms with Crippen LogP contribution in [0.15, 0.2) is 30.3 Å². The van der Waals surface area contributed by atoms with Gasteiger partial charge in [-0.25, -0.2) is 0 Å². The lowest BCUT2D eigenvalue weighted by molar-refractivity contribution is -0.142. The Bertz CT molecular complexity index is 392. The molecule has 0 heterocycles. The van der Waals surface area contributed by atoms with E-state index in [1.54, 1.807) is 0 Å². The highest BCUT2D eigenvalue weighted by molar-refractivity contribution is 14.1. The average molecular weight is 416 g/mol. The Balaban J connectivity index is 1.88. The zero-order valence-electron chi connectivity index (χ0n) is 13.7. The number of rotatable bonds is 12. The van der Waals surface area contributed by atoms with Crippen molar-refractivity contribution in [2.75, 3.05) is 6.61 Å². The second-order valence-corrected chi connectivity index (χ2v) is 7.22. The number of alkyl halides is 1. The van der Waals surface area contributed by atoms with Crippen LogP contribution in [0.2, 0.25) is 0 Å². The van der Waals surface area contributed by atoms with Gasteiger partial charge in [0.2, 0.25) is 0 Å². The Morgan fingerprint density at radius 3 is 2.23 bits per heavy atom. The Hall–Kier alpha value is -0.580. The predicted octanol–water partition coefficient (Wildman–Crippen LogP) is 5.72. The summed E-state index contributed by atoms with van der Waals surface area (Å²) in [7, 11) is 0. The van der Waals surface area contributed by atoms with Crippen molar-refractivity contribution in [1.82, 2.24) is 0 Å². The van der Waals surface area contributed by atoms with Crippen LogP contribution in [0.3, 0.4) is 0 Å². The zero-order valence-corrected chi connectivity index (χ0v) is 15.9. The van der Waals surface area contributed by atoms with E-state index in [9.17, 15) is 4.79 Å². The van der Waals surface area contributed by atoms with E-state index < -0.39 is 0 Å². The third kappa shape index (κ3) is 9.44. The van der Waals surface area contributed by atoms with Gasteiger partial charge in [0.05, 0.1) is 6.61 Å². The van der Waals surface area contributed by atoms with Gasteiger partial charge in [-0.3, -0.25) is 4.79 Å². The Kier molecular flexibility index (Phi) is 11.4. The molecule has 124 valence electrons. The van der Waals surface area contributed by atoms with Gasteiger partial charge in [-0.15, -0.1) is 0 Å². The van der Waals surface area contributed by atoms with Gasteiger partial charge in [0, 0.05) is 0 Å². The summed E-state index contributed by atoms with van der Waals surface area (Å²) in [6.07, 6.45) is 11.1. The molecule has 0 saturated carbocycles. The summed E-state index contributed by atoms with van der Waals surface area (Å²) in [5.74, 6) is -0.0518. The molecule has 0 aromatic heterocycles. The molecule has 1 aromatic carbocycles. The maximum Gasteiger partial charge on any atom is 0.318 e. The van der Waals surface area contributed by atoms with E-state index in [0.717, 1.165) is 12.8 Å². The smallest absolute Gasteiger partial charge is 0.318 e. The molecular weight excluding hydrogens is 387 g/mol. The fraction of sp³-hybridized carbons (Fsp3) is 0.632. The molecule has 0 N–H and O–H groups in total. The first kappa shape index (κ1) is 19.5. The average Bonchev–Trinajstić information content (AvgIpc) is 2.54. The molecule has 1 aromatic rings. The third-order valence-electron chi connectivity index (χ3n) is 3.81. The first-order valence-corrected chi connectivity index (χ1v) is 9.83. The Morgan fingerprint density at radius 2 is 1.59 bits per heavy atom. The molecule has 0 bridgehead atoms. The minimum atomic E-state index is -0.0518. The van der Waals surface area contributed by atoms with Crippen molar-refractivity contribution in [1.29, 1.82) is 0 Å². The van der Waals surface area contributed by atoms with E-state index in [4.69, 9.17) is 4.74 Å². The summed E-state index contributed by atoms with van der Waals surface area (Å²) >= 11 is 2.20. The number of aryl methyl sites for hydroxylation is 1. The molecule has 1 unspecified atom stereocenters. The fourth-order valence-corrected chi connectivity index (χ4v) is 3.15. The fourth-order valence-electron chi connectivity index (χ4n) is 2.53. The SMILES string of the molecule is CCOC(=O)C(I)CCCCCCCCCc1ccccc1. The van der Waals surface area contributed by atoms with Gasteiger partial charge in [0.15, 0.2) is 0 Å². The van der Waals surface area contributed by atoms with E-state index >= 15 is 0 Å². The van der Waals surface area contributed by atoms with Gasteiger partial charge >= 0.3 is 5.97 Å². The molecule has 0 aliphatic heterocycles. The van der Waals surface area contributed by atoms with Crippen molar-refractivity contribution in [3.05, 3.63) is 35.9 Å². The number of benzene rings is 1. The summed E-state index contributed by atoms with van der Waals surface area (Å²) in [6.45, 7) is 2.35. The number of hydrogen-bond donors (Lipinski definition) is 0. The van der Waals surface area contributed by atoms with Crippen molar-refractivity contribution in [2.24, 2.45) is 0 Å². The Labute approximate surface area is 149 Å². The quantitative estimate of drug-likeness (QED) is 0.189. The van der Waals surface area contributed by atoms with Gasteiger partial charge in [-0.05, 0) is 31.7 Å². The van der Waals surface area contributed by atoms with E-state index in [2.05, 4.69) is 52.9 Å². The molecule has 0 radical (unpaired) electrons. The molecule has 3 heteroatoms.